The van der Waals surface area contributed by atoms with Crippen LogP contribution in [0.25, 0.3) is 0 Å². The fourth-order valence-electron chi connectivity index (χ4n) is 5.04. The molecule has 222 valence electrons. The first-order chi connectivity index (χ1) is 21.2. The van der Waals surface area contributed by atoms with Crippen molar-refractivity contribution >= 4 is 0 Å². The Balaban J connectivity index is 1.80. The average Bonchev–Trinajstić information content (AvgIpc) is 3.06. The second-order valence-electron chi connectivity index (χ2n) is 10.2. The van der Waals surface area contributed by atoms with E-state index in [4.69, 9.17) is 18.9 Å². The van der Waals surface area contributed by atoms with Gasteiger partial charge in [0, 0.05) is 11.8 Å². The minimum absolute atomic E-state index is 0.00182. The van der Waals surface area contributed by atoms with Crippen LogP contribution in [0, 0.1) is 0 Å². The van der Waals surface area contributed by atoms with E-state index in [-0.39, 0.29) is 11.8 Å². The van der Waals surface area contributed by atoms with Crippen molar-refractivity contribution in [3.63, 3.8) is 0 Å². The van der Waals surface area contributed by atoms with Gasteiger partial charge in [-0.25, -0.2) is 0 Å². The summed E-state index contributed by atoms with van der Waals surface area (Å²) in [7, 11) is 0. The summed E-state index contributed by atoms with van der Waals surface area (Å²) in [5, 5.41) is 0. The molecule has 4 nitrogen and oxygen atoms in total. The third-order valence-electron chi connectivity index (χ3n) is 7.16. The topological polar surface area (TPSA) is 36.9 Å². The maximum absolute atomic E-state index is 5.99. The Hall–Kier alpha value is -4.70. The SMILES string of the molecule is C=CCOc1ccc(C(c2ccc(OCC=C)cc2)C(c2ccc(OCC=C)cc2)c2ccc(OCCCC)cc2)cc1. The molecule has 0 aliphatic carbocycles. The maximum Gasteiger partial charge on any atom is 0.119 e. The highest BCUT2D eigenvalue weighted by atomic mass is 16.5. The molecule has 0 N–H and O–H groups in total. The van der Waals surface area contributed by atoms with Crippen molar-refractivity contribution in [2.75, 3.05) is 26.4 Å². The van der Waals surface area contributed by atoms with Crippen molar-refractivity contribution in [3.8, 4) is 23.0 Å². The summed E-state index contributed by atoms with van der Waals surface area (Å²) in [6.45, 7) is 15.6. The molecular formula is C39H42O4. The van der Waals surface area contributed by atoms with Gasteiger partial charge < -0.3 is 18.9 Å². The maximum atomic E-state index is 5.99. The van der Waals surface area contributed by atoms with Gasteiger partial charge in [-0.1, -0.05) is 99.8 Å². The predicted molar refractivity (Wildman–Crippen MR) is 177 cm³/mol. The minimum atomic E-state index is -0.00582. The largest absolute Gasteiger partial charge is 0.494 e. The molecule has 4 aromatic carbocycles. The molecule has 1 atom stereocenters. The predicted octanol–water partition coefficient (Wildman–Crippen LogP) is 9.52. The van der Waals surface area contributed by atoms with Crippen molar-refractivity contribution < 1.29 is 18.9 Å². The van der Waals surface area contributed by atoms with E-state index in [2.05, 4.69) is 87.3 Å². The van der Waals surface area contributed by atoms with Gasteiger partial charge in [0.25, 0.3) is 0 Å². The lowest BCUT2D eigenvalue weighted by atomic mass is 9.73. The molecule has 0 saturated heterocycles. The van der Waals surface area contributed by atoms with Crippen LogP contribution in [0.5, 0.6) is 23.0 Å². The van der Waals surface area contributed by atoms with Crippen molar-refractivity contribution in [2.45, 2.75) is 31.6 Å². The van der Waals surface area contributed by atoms with Gasteiger partial charge in [0.2, 0.25) is 0 Å². The van der Waals surface area contributed by atoms with Gasteiger partial charge in [-0.2, -0.15) is 0 Å². The molecule has 0 aliphatic rings. The van der Waals surface area contributed by atoms with Crippen LogP contribution in [0.4, 0.5) is 0 Å². The van der Waals surface area contributed by atoms with Crippen LogP contribution in [0.3, 0.4) is 0 Å². The van der Waals surface area contributed by atoms with Gasteiger partial charge in [-0.15, -0.1) is 0 Å². The smallest absolute Gasteiger partial charge is 0.119 e. The van der Waals surface area contributed by atoms with Crippen LogP contribution >= 0.6 is 0 Å². The molecule has 0 spiro atoms. The first-order valence-corrected chi connectivity index (χ1v) is 14.9. The van der Waals surface area contributed by atoms with Crippen LogP contribution in [0.1, 0.15) is 53.9 Å². The molecule has 0 saturated carbocycles. The zero-order chi connectivity index (χ0) is 30.3. The Kier molecular flexibility index (Phi) is 12.1. The molecule has 0 bridgehead atoms. The van der Waals surface area contributed by atoms with E-state index in [1.165, 1.54) is 22.3 Å². The standard InChI is InChI=1S/C39H42O4/c1-5-9-29-43-37-24-16-33(17-25-37)39(32-14-22-36(23-15-32)42-28-8-4)38(30-10-18-34(19-11-30)40-26-6-2)31-12-20-35(21-13-31)41-27-7-3/h6-8,10-25,38-39H,2-5,9,26-29H2,1H3. The first-order valence-electron chi connectivity index (χ1n) is 14.9. The molecule has 0 heterocycles. The Morgan fingerprint density at radius 1 is 0.465 bits per heavy atom. The lowest BCUT2D eigenvalue weighted by molar-refractivity contribution is 0.309. The average molecular weight is 575 g/mol. The molecule has 0 amide bonds. The van der Waals surface area contributed by atoms with Gasteiger partial charge in [0.15, 0.2) is 0 Å². The van der Waals surface area contributed by atoms with Crippen LogP contribution in [0.2, 0.25) is 0 Å². The quantitative estimate of drug-likeness (QED) is 0.0876. The van der Waals surface area contributed by atoms with E-state index in [9.17, 15) is 0 Å². The number of benzene rings is 4. The lowest BCUT2D eigenvalue weighted by Crippen LogP contribution is -2.15. The molecule has 43 heavy (non-hydrogen) atoms. The lowest BCUT2D eigenvalue weighted by Gasteiger charge is -2.30. The molecule has 0 radical (unpaired) electrons. The Morgan fingerprint density at radius 3 is 1.00 bits per heavy atom. The monoisotopic (exact) mass is 574 g/mol. The number of rotatable bonds is 18. The summed E-state index contributed by atoms with van der Waals surface area (Å²) in [6.07, 6.45) is 7.39. The van der Waals surface area contributed by atoms with Gasteiger partial charge in [0.1, 0.15) is 42.8 Å². The molecule has 0 fully saturated rings. The highest BCUT2D eigenvalue weighted by molar-refractivity contribution is 5.48. The normalized spacial score (nSPS) is 11.4. The molecule has 4 heteroatoms. The van der Waals surface area contributed by atoms with Crippen molar-refractivity contribution in [3.05, 3.63) is 157 Å². The van der Waals surface area contributed by atoms with E-state index in [0.717, 1.165) is 35.8 Å². The fourth-order valence-corrected chi connectivity index (χ4v) is 5.04. The summed E-state index contributed by atoms with van der Waals surface area (Å²) in [6, 6.07) is 33.6. The number of hydrogen-bond acceptors (Lipinski definition) is 4. The summed E-state index contributed by atoms with van der Waals surface area (Å²) >= 11 is 0. The number of hydrogen-bond donors (Lipinski definition) is 0. The Morgan fingerprint density at radius 2 is 0.744 bits per heavy atom. The van der Waals surface area contributed by atoms with Crippen molar-refractivity contribution in [1.82, 2.24) is 0 Å². The second kappa shape index (κ2) is 16.7. The van der Waals surface area contributed by atoms with Gasteiger partial charge in [-0.3, -0.25) is 0 Å². The van der Waals surface area contributed by atoms with Gasteiger partial charge in [-0.05, 0) is 77.2 Å². The minimum Gasteiger partial charge on any atom is -0.494 e. The van der Waals surface area contributed by atoms with E-state index in [0.29, 0.717) is 26.4 Å². The van der Waals surface area contributed by atoms with Crippen LogP contribution in [-0.2, 0) is 0 Å². The van der Waals surface area contributed by atoms with Gasteiger partial charge in [0.05, 0.1) is 6.61 Å². The Labute approximate surface area is 256 Å². The molecule has 0 aromatic heterocycles. The van der Waals surface area contributed by atoms with Crippen molar-refractivity contribution in [1.29, 1.82) is 0 Å². The van der Waals surface area contributed by atoms with Crippen LogP contribution < -0.4 is 18.9 Å². The van der Waals surface area contributed by atoms with Crippen molar-refractivity contribution in [2.24, 2.45) is 0 Å². The summed E-state index contributed by atoms with van der Waals surface area (Å²) in [4.78, 5) is 0. The third kappa shape index (κ3) is 8.89. The van der Waals surface area contributed by atoms with E-state index >= 15 is 0 Å². The van der Waals surface area contributed by atoms with E-state index in [1.807, 2.05) is 36.4 Å². The molecule has 1 unspecified atom stereocenters. The number of ether oxygens (including phenoxy) is 4. The van der Waals surface area contributed by atoms with Crippen LogP contribution in [0.15, 0.2) is 135 Å². The summed E-state index contributed by atoms with van der Waals surface area (Å²) < 4.78 is 23.4. The fraction of sp³-hybridized carbons (Fsp3) is 0.231. The second-order valence-corrected chi connectivity index (χ2v) is 10.2. The summed E-state index contributed by atoms with van der Waals surface area (Å²) in [5.74, 6) is 3.31. The highest BCUT2D eigenvalue weighted by Gasteiger charge is 2.29. The first kappa shape index (κ1) is 31.2. The van der Waals surface area contributed by atoms with Crippen LogP contribution in [-0.4, -0.2) is 26.4 Å². The Bertz CT molecular complexity index is 1350. The molecule has 4 aromatic rings. The number of unbranched alkanes of at least 4 members (excludes halogenated alkanes) is 1. The van der Waals surface area contributed by atoms with Gasteiger partial charge >= 0.3 is 0 Å². The molecular weight excluding hydrogens is 532 g/mol. The highest BCUT2D eigenvalue weighted by Crippen LogP contribution is 2.44. The van der Waals surface area contributed by atoms with E-state index < -0.39 is 0 Å². The molecule has 4 rings (SSSR count). The van der Waals surface area contributed by atoms with E-state index in [1.54, 1.807) is 18.2 Å². The zero-order valence-electron chi connectivity index (χ0n) is 25.1. The molecule has 0 aliphatic heterocycles. The summed E-state index contributed by atoms with van der Waals surface area (Å²) in [5.41, 5.74) is 4.71. The zero-order valence-corrected chi connectivity index (χ0v) is 25.1. The third-order valence-corrected chi connectivity index (χ3v) is 7.16.